The van der Waals surface area contributed by atoms with Gasteiger partial charge < -0.3 is 0 Å². The summed E-state index contributed by atoms with van der Waals surface area (Å²) in [5, 5.41) is 3.54. The fourth-order valence-electron chi connectivity index (χ4n) is 2.68. The number of rotatable bonds is 2. The topological polar surface area (TPSA) is 44.0 Å². The number of alkyl halides is 3. The van der Waals surface area contributed by atoms with E-state index in [9.17, 15) is 22.8 Å². The minimum Gasteiger partial charge on any atom is -0.268 e. The molecule has 0 unspecified atom stereocenters. The molecule has 2 aromatic heterocycles. The Balaban J connectivity index is 2.35. The highest BCUT2D eigenvalue weighted by molar-refractivity contribution is 7.08. The highest BCUT2D eigenvalue weighted by Gasteiger charge is 2.31. The molecule has 0 radical (unpaired) electrons. The molecule has 8 heteroatoms. The summed E-state index contributed by atoms with van der Waals surface area (Å²) in [4.78, 5) is 25.0. The average Bonchev–Trinajstić information content (AvgIpc) is 3.07. The van der Waals surface area contributed by atoms with Crippen molar-refractivity contribution in [3.8, 4) is 16.8 Å². The maximum absolute atomic E-state index is 13.0. The maximum atomic E-state index is 13.0. The number of hydrogen-bond acceptors (Lipinski definition) is 3. The third-order valence-corrected chi connectivity index (χ3v) is 4.62. The van der Waals surface area contributed by atoms with Crippen molar-refractivity contribution >= 4 is 11.3 Å². The van der Waals surface area contributed by atoms with Gasteiger partial charge in [-0.1, -0.05) is 6.07 Å². The van der Waals surface area contributed by atoms with Gasteiger partial charge in [0.05, 0.1) is 16.8 Å². The number of hydrogen-bond donors (Lipinski definition) is 0. The van der Waals surface area contributed by atoms with E-state index in [0.29, 0.717) is 16.8 Å². The molecule has 25 heavy (non-hydrogen) atoms. The van der Waals surface area contributed by atoms with E-state index in [2.05, 4.69) is 0 Å². The smallest absolute Gasteiger partial charge is 0.268 e. The second-order valence-corrected chi connectivity index (χ2v) is 6.28. The zero-order valence-corrected chi connectivity index (χ0v) is 14.1. The fourth-order valence-corrected chi connectivity index (χ4v) is 3.33. The van der Waals surface area contributed by atoms with E-state index < -0.39 is 23.0 Å². The molecular formula is C17H13F3N2O2S. The van der Waals surface area contributed by atoms with Crippen molar-refractivity contribution in [2.75, 3.05) is 0 Å². The molecule has 0 N–H and O–H groups in total. The Bertz CT molecular complexity index is 1050. The van der Waals surface area contributed by atoms with Gasteiger partial charge in [-0.25, -0.2) is 4.79 Å². The summed E-state index contributed by atoms with van der Waals surface area (Å²) in [6.07, 6.45) is -4.52. The van der Waals surface area contributed by atoms with E-state index in [0.717, 1.165) is 21.3 Å². The van der Waals surface area contributed by atoms with E-state index in [4.69, 9.17) is 0 Å². The van der Waals surface area contributed by atoms with Crippen LogP contribution in [0, 0.1) is 6.92 Å². The molecule has 0 fully saturated rings. The Kier molecular flexibility index (Phi) is 4.16. The van der Waals surface area contributed by atoms with E-state index in [-0.39, 0.29) is 5.69 Å². The number of benzene rings is 1. The number of thiophene rings is 1. The SMILES string of the molecule is Cc1c(-c2ccsc2)c(=O)n(C)c(=O)n1-c1cccc(C(F)(F)F)c1. The van der Waals surface area contributed by atoms with Crippen LogP contribution in [0.2, 0.25) is 0 Å². The Morgan fingerprint density at radius 1 is 1.12 bits per heavy atom. The van der Waals surface area contributed by atoms with Gasteiger partial charge in [-0.2, -0.15) is 24.5 Å². The zero-order chi connectivity index (χ0) is 18.4. The third kappa shape index (κ3) is 2.93. The van der Waals surface area contributed by atoms with E-state index in [1.54, 1.807) is 23.8 Å². The molecule has 1 aromatic carbocycles. The molecule has 0 bridgehead atoms. The summed E-state index contributed by atoms with van der Waals surface area (Å²) < 4.78 is 41.0. The predicted molar refractivity (Wildman–Crippen MR) is 90.3 cm³/mol. The van der Waals surface area contributed by atoms with Crippen LogP contribution in [0.15, 0.2) is 50.7 Å². The number of nitrogens with zero attached hydrogens (tertiary/aromatic N) is 2. The molecule has 0 aliphatic carbocycles. The highest BCUT2D eigenvalue weighted by Crippen LogP contribution is 2.30. The summed E-state index contributed by atoms with van der Waals surface area (Å²) in [5.74, 6) is 0. The van der Waals surface area contributed by atoms with Crippen LogP contribution in [-0.4, -0.2) is 9.13 Å². The molecule has 0 spiro atoms. The van der Waals surface area contributed by atoms with Gasteiger partial charge in [0.15, 0.2) is 0 Å². The first kappa shape index (κ1) is 17.2. The van der Waals surface area contributed by atoms with E-state index >= 15 is 0 Å². The molecule has 130 valence electrons. The monoisotopic (exact) mass is 366 g/mol. The zero-order valence-electron chi connectivity index (χ0n) is 13.3. The standard InChI is InChI=1S/C17H13F3N2O2S/c1-10-14(11-6-7-25-9-11)15(23)21(2)16(24)22(10)13-5-3-4-12(8-13)17(18,19)20/h3-9H,1-2H3. The van der Waals surface area contributed by atoms with Crippen LogP contribution >= 0.6 is 11.3 Å². The predicted octanol–water partition coefficient (Wildman–Crippen LogP) is 3.59. The van der Waals surface area contributed by atoms with Crippen LogP contribution in [0.3, 0.4) is 0 Å². The summed E-state index contributed by atoms with van der Waals surface area (Å²) in [6, 6.07) is 6.21. The van der Waals surface area contributed by atoms with E-state index in [1.807, 2.05) is 0 Å². The molecule has 0 aliphatic heterocycles. The highest BCUT2D eigenvalue weighted by atomic mass is 32.1. The Morgan fingerprint density at radius 3 is 2.44 bits per heavy atom. The van der Waals surface area contributed by atoms with Gasteiger partial charge in [-0.3, -0.25) is 13.9 Å². The van der Waals surface area contributed by atoms with Crippen molar-refractivity contribution in [2.45, 2.75) is 13.1 Å². The summed E-state index contributed by atoms with van der Waals surface area (Å²) in [6.45, 7) is 1.55. The molecule has 4 nitrogen and oxygen atoms in total. The molecule has 3 rings (SSSR count). The lowest BCUT2D eigenvalue weighted by Gasteiger charge is -2.16. The van der Waals surface area contributed by atoms with Crippen molar-refractivity contribution in [3.63, 3.8) is 0 Å². The van der Waals surface area contributed by atoms with Crippen molar-refractivity contribution < 1.29 is 13.2 Å². The Morgan fingerprint density at radius 2 is 1.84 bits per heavy atom. The van der Waals surface area contributed by atoms with Crippen LogP contribution in [0.4, 0.5) is 13.2 Å². The quantitative estimate of drug-likeness (QED) is 0.696. The van der Waals surface area contributed by atoms with Crippen molar-refractivity contribution in [1.29, 1.82) is 0 Å². The molecule has 2 heterocycles. The lowest BCUT2D eigenvalue weighted by atomic mass is 10.1. The van der Waals surface area contributed by atoms with Crippen LogP contribution in [0.25, 0.3) is 16.8 Å². The van der Waals surface area contributed by atoms with Crippen LogP contribution in [-0.2, 0) is 13.2 Å². The Labute approximate surface area is 144 Å². The van der Waals surface area contributed by atoms with Gasteiger partial charge >= 0.3 is 11.9 Å². The van der Waals surface area contributed by atoms with Gasteiger partial charge in [0.2, 0.25) is 0 Å². The number of halogens is 3. The lowest BCUT2D eigenvalue weighted by Crippen LogP contribution is -2.39. The van der Waals surface area contributed by atoms with Gasteiger partial charge in [0.25, 0.3) is 5.56 Å². The minimum absolute atomic E-state index is 0.0596. The first-order valence-electron chi connectivity index (χ1n) is 7.24. The van der Waals surface area contributed by atoms with Crippen molar-refractivity contribution in [1.82, 2.24) is 9.13 Å². The normalized spacial score (nSPS) is 11.7. The fraction of sp³-hybridized carbons (Fsp3) is 0.176. The van der Waals surface area contributed by atoms with Crippen LogP contribution in [0.5, 0.6) is 0 Å². The second kappa shape index (κ2) is 6.03. The largest absolute Gasteiger partial charge is 0.416 e. The van der Waals surface area contributed by atoms with Crippen molar-refractivity contribution in [3.05, 3.63) is 73.2 Å². The van der Waals surface area contributed by atoms with Gasteiger partial charge in [-0.05, 0) is 47.5 Å². The Hall–Kier alpha value is -2.61. The molecule has 0 atom stereocenters. The minimum atomic E-state index is -4.52. The first-order chi connectivity index (χ1) is 11.7. The molecule has 0 aliphatic rings. The van der Waals surface area contributed by atoms with Crippen LogP contribution < -0.4 is 11.2 Å². The summed E-state index contributed by atoms with van der Waals surface area (Å²) >= 11 is 1.39. The molecule has 0 saturated heterocycles. The summed E-state index contributed by atoms with van der Waals surface area (Å²) in [5.41, 5.74) is -0.757. The average molecular weight is 366 g/mol. The molecule has 0 amide bonds. The van der Waals surface area contributed by atoms with Gasteiger partial charge in [0.1, 0.15) is 0 Å². The molecular weight excluding hydrogens is 353 g/mol. The second-order valence-electron chi connectivity index (χ2n) is 5.50. The molecule has 0 saturated carbocycles. The first-order valence-corrected chi connectivity index (χ1v) is 8.19. The van der Waals surface area contributed by atoms with Gasteiger partial charge in [0, 0.05) is 12.7 Å². The summed E-state index contributed by atoms with van der Waals surface area (Å²) in [7, 11) is 1.31. The maximum Gasteiger partial charge on any atom is 0.416 e. The van der Waals surface area contributed by atoms with E-state index in [1.165, 1.54) is 30.5 Å². The van der Waals surface area contributed by atoms with Gasteiger partial charge in [-0.15, -0.1) is 0 Å². The number of aromatic nitrogens is 2. The van der Waals surface area contributed by atoms with Crippen molar-refractivity contribution in [2.24, 2.45) is 7.05 Å². The third-order valence-electron chi connectivity index (χ3n) is 3.94. The lowest BCUT2D eigenvalue weighted by molar-refractivity contribution is -0.137. The molecule has 3 aromatic rings. The van der Waals surface area contributed by atoms with Crippen LogP contribution in [0.1, 0.15) is 11.3 Å².